The largest absolute Gasteiger partial charge is 0.484 e. The summed E-state index contributed by atoms with van der Waals surface area (Å²) in [5.74, 6) is 1.28. The lowest BCUT2D eigenvalue weighted by Crippen LogP contribution is -2.33. The zero-order valence-corrected chi connectivity index (χ0v) is 10.8. The molecule has 1 unspecified atom stereocenters. The number of amides is 1. The van der Waals surface area contributed by atoms with E-state index in [-0.39, 0.29) is 12.5 Å². The molecule has 1 atom stereocenters. The second-order valence-electron chi connectivity index (χ2n) is 4.78. The molecule has 1 fully saturated rings. The quantitative estimate of drug-likeness (QED) is 0.870. The van der Waals surface area contributed by atoms with E-state index in [1.807, 2.05) is 36.1 Å². The maximum atomic E-state index is 12.0. The van der Waals surface area contributed by atoms with Gasteiger partial charge in [-0.05, 0) is 37.4 Å². The zero-order chi connectivity index (χ0) is 13.0. The third kappa shape index (κ3) is 3.01. The minimum absolute atomic E-state index is 0.0502. The lowest BCUT2D eigenvalue weighted by Gasteiger charge is -2.17. The predicted molar refractivity (Wildman–Crippen MR) is 70.4 cm³/mol. The number of hydrogen-bond acceptors (Lipinski definition) is 3. The minimum Gasteiger partial charge on any atom is -0.484 e. The van der Waals surface area contributed by atoms with Crippen molar-refractivity contribution in [3.8, 4) is 5.75 Å². The van der Waals surface area contributed by atoms with E-state index in [9.17, 15) is 4.79 Å². The molecule has 18 heavy (non-hydrogen) atoms. The van der Waals surface area contributed by atoms with Crippen molar-refractivity contribution in [1.29, 1.82) is 0 Å². The molecule has 0 bridgehead atoms. The predicted octanol–water partition coefficient (Wildman–Crippen LogP) is 1.18. The van der Waals surface area contributed by atoms with E-state index in [0.29, 0.717) is 12.5 Å². The molecular weight excluding hydrogens is 228 g/mol. The summed E-state index contributed by atoms with van der Waals surface area (Å²) in [6.45, 7) is 4.31. The number of aryl methyl sites for hydroxylation is 1. The molecule has 1 saturated heterocycles. The highest BCUT2D eigenvalue weighted by Gasteiger charge is 2.25. The van der Waals surface area contributed by atoms with E-state index in [4.69, 9.17) is 10.5 Å². The summed E-state index contributed by atoms with van der Waals surface area (Å²) in [6.07, 6.45) is 1.01. The summed E-state index contributed by atoms with van der Waals surface area (Å²) in [4.78, 5) is 13.8. The third-order valence-electron chi connectivity index (χ3n) is 3.42. The Kier molecular flexibility index (Phi) is 4.20. The number of ether oxygens (including phenoxy) is 1. The van der Waals surface area contributed by atoms with Crippen molar-refractivity contribution in [2.45, 2.75) is 13.3 Å². The number of para-hydroxylation sites is 1. The van der Waals surface area contributed by atoms with Crippen molar-refractivity contribution in [2.24, 2.45) is 11.7 Å². The molecular formula is C14H20N2O2. The first-order valence-corrected chi connectivity index (χ1v) is 6.37. The molecule has 1 aromatic carbocycles. The molecule has 1 aliphatic heterocycles. The van der Waals surface area contributed by atoms with Crippen LogP contribution >= 0.6 is 0 Å². The number of nitrogens with two attached hydrogens (primary N) is 1. The van der Waals surface area contributed by atoms with Crippen LogP contribution in [0.5, 0.6) is 5.75 Å². The molecule has 0 aromatic heterocycles. The minimum atomic E-state index is 0.0502. The van der Waals surface area contributed by atoms with Gasteiger partial charge in [-0.3, -0.25) is 4.79 Å². The highest BCUT2D eigenvalue weighted by atomic mass is 16.5. The number of carbonyl (C=O) groups is 1. The molecule has 0 saturated carbocycles. The zero-order valence-electron chi connectivity index (χ0n) is 10.8. The average Bonchev–Trinajstić information content (AvgIpc) is 2.86. The highest BCUT2D eigenvalue weighted by Crippen LogP contribution is 2.18. The van der Waals surface area contributed by atoms with Gasteiger partial charge >= 0.3 is 0 Å². The van der Waals surface area contributed by atoms with Crippen molar-refractivity contribution >= 4 is 5.91 Å². The SMILES string of the molecule is Cc1ccccc1OCC(=O)N1CCC(CN)C1. The lowest BCUT2D eigenvalue weighted by molar-refractivity contribution is -0.132. The Balaban J connectivity index is 1.84. The van der Waals surface area contributed by atoms with E-state index < -0.39 is 0 Å². The number of likely N-dealkylation sites (tertiary alicyclic amines) is 1. The van der Waals surface area contributed by atoms with E-state index >= 15 is 0 Å². The van der Waals surface area contributed by atoms with Gasteiger partial charge < -0.3 is 15.4 Å². The Morgan fingerprint density at radius 3 is 2.94 bits per heavy atom. The number of benzene rings is 1. The van der Waals surface area contributed by atoms with Crippen LogP contribution in [-0.2, 0) is 4.79 Å². The van der Waals surface area contributed by atoms with Crippen LogP contribution in [0.3, 0.4) is 0 Å². The van der Waals surface area contributed by atoms with Crippen molar-refractivity contribution in [3.63, 3.8) is 0 Å². The Bertz CT molecular complexity index is 420. The molecule has 1 heterocycles. The maximum absolute atomic E-state index is 12.0. The lowest BCUT2D eigenvalue weighted by atomic mass is 10.1. The van der Waals surface area contributed by atoms with Gasteiger partial charge in [0.1, 0.15) is 5.75 Å². The fourth-order valence-electron chi connectivity index (χ4n) is 2.20. The number of carbonyl (C=O) groups excluding carboxylic acids is 1. The number of hydrogen-bond donors (Lipinski definition) is 1. The van der Waals surface area contributed by atoms with Gasteiger partial charge in [-0.2, -0.15) is 0 Å². The van der Waals surface area contributed by atoms with Crippen LogP contribution in [0.15, 0.2) is 24.3 Å². The van der Waals surface area contributed by atoms with Crippen LogP contribution in [0.2, 0.25) is 0 Å². The van der Waals surface area contributed by atoms with E-state index in [2.05, 4.69) is 0 Å². The normalized spacial score (nSPS) is 19.0. The molecule has 4 nitrogen and oxygen atoms in total. The summed E-state index contributed by atoms with van der Waals surface area (Å²) in [5.41, 5.74) is 6.66. The smallest absolute Gasteiger partial charge is 0.260 e. The van der Waals surface area contributed by atoms with E-state index in [1.165, 1.54) is 0 Å². The summed E-state index contributed by atoms with van der Waals surface area (Å²) in [5, 5.41) is 0. The summed E-state index contributed by atoms with van der Waals surface area (Å²) < 4.78 is 5.56. The van der Waals surface area contributed by atoms with Crippen molar-refractivity contribution < 1.29 is 9.53 Å². The van der Waals surface area contributed by atoms with E-state index in [0.717, 1.165) is 30.8 Å². The molecule has 1 aromatic rings. The summed E-state index contributed by atoms with van der Waals surface area (Å²) in [7, 11) is 0. The van der Waals surface area contributed by atoms with Gasteiger partial charge in [0.05, 0.1) is 0 Å². The van der Waals surface area contributed by atoms with Gasteiger partial charge in [-0.25, -0.2) is 0 Å². The van der Waals surface area contributed by atoms with Crippen molar-refractivity contribution in [3.05, 3.63) is 29.8 Å². The Morgan fingerprint density at radius 2 is 2.28 bits per heavy atom. The van der Waals surface area contributed by atoms with Crippen molar-refractivity contribution in [1.82, 2.24) is 4.90 Å². The molecule has 4 heteroatoms. The number of rotatable bonds is 4. The Morgan fingerprint density at radius 1 is 1.50 bits per heavy atom. The van der Waals surface area contributed by atoms with E-state index in [1.54, 1.807) is 0 Å². The monoisotopic (exact) mass is 248 g/mol. The average molecular weight is 248 g/mol. The topological polar surface area (TPSA) is 55.6 Å². The molecule has 2 N–H and O–H groups in total. The van der Waals surface area contributed by atoms with Crippen LogP contribution in [0.25, 0.3) is 0 Å². The Labute approximate surface area is 108 Å². The molecule has 0 radical (unpaired) electrons. The number of nitrogens with zero attached hydrogens (tertiary/aromatic N) is 1. The van der Waals surface area contributed by atoms with Gasteiger partial charge in [-0.15, -0.1) is 0 Å². The maximum Gasteiger partial charge on any atom is 0.260 e. The van der Waals surface area contributed by atoms with Crippen LogP contribution in [0.1, 0.15) is 12.0 Å². The molecule has 98 valence electrons. The van der Waals surface area contributed by atoms with Crippen LogP contribution in [0, 0.1) is 12.8 Å². The van der Waals surface area contributed by atoms with Crippen LogP contribution in [0.4, 0.5) is 0 Å². The van der Waals surface area contributed by atoms with Gasteiger partial charge in [0.15, 0.2) is 6.61 Å². The molecule has 1 aliphatic rings. The Hall–Kier alpha value is -1.55. The van der Waals surface area contributed by atoms with Gasteiger partial charge in [-0.1, -0.05) is 18.2 Å². The summed E-state index contributed by atoms with van der Waals surface area (Å²) >= 11 is 0. The first kappa shape index (κ1) is 12.9. The fourth-order valence-corrected chi connectivity index (χ4v) is 2.20. The van der Waals surface area contributed by atoms with Crippen molar-refractivity contribution in [2.75, 3.05) is 26.2 Å². The second-order valence-corrected chi connectivity index (χ2v) is 4.78. The molecule has 2 rings (SSSR count). The molecule has 1 amide bonds. The molecule has 0 spiro atoms. The first-order chi connectivity index (χ1) is 8.70. The van der Waals surface area contributed by atoms with Gasteiger partial charge in [0.2, 0.25) is 0 Å². The summed E-state index contributed by atoms with van der Waals surface area (Å²) in [6, 6.07) is 7.72. The molecule has 0 aliphatic carbocycles. The highest BCUT2D eigenvalue weighted by molar-refractivity contribution is 5.78. The van der Waals surface area contributed by atoms with Crippen LogP contribution in [-0.4, -0.2) is 37.0 Å². The fraction of sp³-hybridized carbons (Fsp3) is 0.500. The third-order valence-corrected chi connectivity index (χ3v) is 3.42. The van der Waals surface area contributed by atoms with Gasteiger partial charge in [0, 0.05) is 13.1 Å². The second kappa shape index (κ2) is 5.87. The van der Waals surface area contributed by atoms with Gasteiger partial charge in [0.25, 0.3) is 5.91 Å². The van der Waals surface area contributed by atoms with Crippen LogP contribution < -0.4 is 10.5 Å². The first-order valence-electron chi connectivity index (χ1n) is 6.37. The standard InChI is InChI=1S/C14H20N2O2/c1-11-4-2-3-5-13(11)18-10-14(17)16-7-6-12(8-15)9-16/h2-5,12H,6-10,15H2,1H3.